The van der Waals surface area contributed by atoms with Gasteiger partial charge >= 0.3 is 0 Å². The van der Waals surface area contributed by atoms with Crippen LogP contribution in [0.25, 0.3) is 22.0 Å². The SMILES string of the molecule is Cc1ccc2nc(Cn3ccc4c(/C(C=NCc5ccccc5)=C/N)cncc4c3=O)cn2c1. The van der Waals surface area contributed by atoms with Crippen LogP contribution in [0.4, 0.5) is 0 Å². The second-order valence-corrected chi connectivity index (χ2v) is 8.18. The molecule has 0 aliphatic rings. The van der Waals surface area contributed by atoms with Crippen molar-refractivity contribution in [2.24, 2.45) is 10.7 Å². The molecule has 0 unspecified atom stereocenters. The van der Waals surface area contributed by atoms with Gasteiger partial charge in [0.15, 0.2) is 0 Å². The van der Waals surface area contributed by atoms with E-state index < -0.39 is 0 Å². The van der Waals surface area contributed by atoms with Crippen molar-refractivity contribution in [2.75, 3.05) is 0 Å². The summed E-state index contributed by atoms with van der Waals surface area (Å²) in [5.74, 6) is 0. The van der Waals surface area contributed by atoms with Crippen LogP contribution >= 0.6 is 0 Å². The van der Waals surface area contributed by atoms with Crippen LogP contribution in [-0.4, -0.2) is 25.2 Å². The molecule has 168 valence electrons. The third-order valence-electron chi connectivity index (χ3n) is 5.72. The molecule has 34 heavy (non-hydrogen) atoms. The van der Waals surface area contributed by atoms with Gasteiger partial charge in [-0.05, 0) is 35.6 Å². The van der Waals surface area contributed by atoms with Crippen LogP contribution < -0.4 is 11.3 Å². The minimum atomic E-state index is -0.127. The van der Waals surface area contributed by atoms with Crippen molar-refractivity contribution < 1.29 is 0 Å². The Morgan fingerprint density at radius 3 is 2.74 bits per heavy atom. The maximum Gasteiger partial charge on any atom is 0.260 e. The fourth-order valence-electron chi connectivity index (χ4n) is 4.00. The normalized spacial score (nSPS) is 12.2. The van der Waals surface area contributed by atoms with Crippen LogP contribution in [0.1, 0.15) is 22.4 Å². The molecule has 0 saturated heterocycles. The summed E-state index contributed by atoms with van der Waals surface area (Å²) < 4.78 is 3.63. The van der Waals surface area contributed by atoms with Gasteiger partial charge in [0.1, 0.15) is 5.65 Å². The zero-order chi connectivity index (χ0) is 23.5. The van der Waals surface area contributed by atoms with Crippen molar-refractivity contribution >= 4 is 28.2 Å². The standard InChI is InChI=1S/C27H24N6O/c1-19-7-8-26-31-22(18-33(26)16-19)17-32-10-9-23-24(14-30-15-25(23)27(32)34)21(11-28)13-29-12-20-5-3-2-4-6-20/h2-11,13-16,18H,12,17,28H2,1H3/b21-11+,29-13?. The predicted molar refractivity (Wildman–Crippen MR) is 136 cm³/mol. The molecular weight excluding hydrogens is 424 g/mol. The topological polar surface area (TPSA) is 90.6 Å². The number of allylic oxidation sites excluding steroid dienone is 1. The molecule has 0 atom stereocenters. The summed E-state index contributed by atoms with van der Waals surface area (Å²) in [6, 6.07) is 15.9. The predicted octanol–water partition coefficient (Wildman–Crippen LogP) is 3.97. The largest absolute Gasteiger partial charge is 0.404 e. The van der Waals surface area contributed by atoms with Crippen molar-refractivity contribution in [3.63, 3.8) is 0 Å². The van der Waals surface area contributed by atoms with Crippen LogP contribution in [0.5, 0.6) is 0 Å². The molecule has 2 N–H and O–H groups in total. The van der Waals surface area contributed by atoms with Crippen LogP contribution in [0.2, 0.25) is 0 Å². The summed E-state index contributed by atoms with van der Waals surface area (Å²) in [6.07, 6.45) is 12.3. The van der Waals surface area contributed by atoms with E-state index in [-0.39, 0.29) is 5.56 Å². The molecule has 7 nitrogen and oxygen atoms in total. The Morgan fingerprint density at radius 2 is 1.91 bits per heavy atom. The van der Waals surface area contributed by atoms with Crippen molar-refractivity contribution in [3.8, 4) is 0 Å². The van der Waals surface area contributed by atoms with E-state index in [9.17, 15) is 4.79 Å². The maximum atomic E-state index is 13.3. The molecule has 4 aromatic heterocycles. The van der Waals surface area contributed by atoms with E-state index in [1.807, 2.05) is 72.2 Å². The summed E-state index contributed by atoms with van der Waals surface area (Å²) >= 11 is 0. The molecule has 1 aromatic carbocycles. The quantitative estimate of drug-likeness (QED) is 0.398. The van der Waals surface area contributed by atoms with Gasteiger partial charge in [0, 0.05) is 54.5 Å². The Bertz CT molecular complexity index is 1590. The Kier molecular flexibility index (Phi) is 5.74. The number of aliphatic imine (C=N–C) groups is 1. The van der Waals surface area contributed by atoms with Crippen molar-refractivity contribution in [1.29, 1.82) is 0 Å². The molecule has 5 rings (SSSR count). The molecule has 7 heteroatoms. The highest BCUT2D eigenvalue weighted by Gasteiger charge is 2.11. The summed E-state index contributed by atoms with van der Waals surface area (Å²) in [7, 11) is 0. The van der Waals surface area contributed by atoms with Crippen LogP contribution in [0.15, 0.2) is 95.5 Å². The average Bonchev–Trinajstić information content (AvgIpc) is 3.25. The number of aromatic nitrogens is 4. The third-order valence-corrected chi connectivity index (χ3v) is 5.72. The fourth-order valence-corrected chi connectivity index (χ4v) is 4.00. The lowest BCUT2D eigenvalue weighted by Gasteiger charge is -2.09. The first-order valence-corrected chi connectivity index (χ1v) is 11.0. The van der Waals surface area contributed by atoms with E-state index in [2.05, 4.69) is 15.0 Å². The van der Waals surface area contributed by atoms with Gasteiger partial charge in [0.25, 0.3) is 5.56 Å². The Morgan fingerprint density at radius 1 is 1.06 bits per heavy atom. The van der Waals surface area contributed by atoms with Gasteiger partial charge in [0.05, 0.1) is 24.2 Å². The Balaban J connectivity index is 1.45. The number of rotatable bonds is 6. The van der Waals surface area contributed by atoms with E-state index in [4.69, 9.17) is 5.73 Å². The van der Waals surface area contributed by atoms with Gasteiger partial charge in [-0.3, -0.25) is 14.8 Å². The first kappa shape index (κ1) is 21.3. The van der Waals surface area contributed by atoms with Crippen LogP contribution in [0, 0.1) is 6.92 Å². The lowest BCUT2D eigenvalue weighted by molar-refractivity contribution is 0.752. The molecule has 4 heterocycles. The van der Waals surface area contributed by atoms with Gasteiger partial charge in [0.2, 0.25) is 0 Å². The van der Waals surface area contributed by atoms with Gasteiger partial charge in [-0.25, -0.2) is 4.98 Å². The van der Waals surface area contributed by atoms with Gasteiger partial charge in [-0.2, -0.15) is 0 Å². The molecule has 0 bridgehead atoms. The zero-order valence-electron chi connectivity index (χ0n) is 18.8. The number of nitrogens with two attached hydrogens (primary N) is 1. The molecule has 0 aliphatic carbocycles. The highest BCUT2D eigenvalue weighted by Crippen LogP contribution is 2.21. The van der Waals surface area contributed by atoms with E-state index in [0.717, 1.165) is 33.4 Å². The lowest BCUT2D eigenvalue weighted by Crippen LogP contribution is -2.20. The van der Waals surface area contributed by atoms with Crippen LogP contribution in [-0.2, 0) is 13.1 Å². The number of benzene rings is 1. The highest BCUT2D eigenvalue weighted by atomic mass is 16.1. The number of fused-ring (bicyclic) bond motifs is 2. The number of hydrogen-bond donors (Lipinski definition) is 1. The van der Waals surface area contributed by atoms with Crippen molar-refractivity contribution in [3.05, 3.63) is 118 Å². The number of imidazole rings is 1. The summed E-state index contributed by atoms with van der Waals surface area (Å²) in [6.45, 7) is 2.95. The third kappa shape index (κ3) is 4.23. The summed E-state index contributed by atoms with van der Waals surface area (Å²) in [5, 5.41) is 1.31. The first-order chi connectivity index (χ1) is 16.6. The van der Waals surface area contributed by atoms with Gasteiger partial charge in [-0.1, -0.05) is 36.4 Å². The number of aryl methyl sites for hydroxylation is 1. The minimum Gasteiger partial charge on any atom is -0.404 e. The molecule has 0 spiro atoms. The molecular formula is C27H24N6O. The van der Waals surface area contributed by atoms with E-state index in [1.165, 1.54) is 6.20 Å². The Hall–Kier alpha value is -4.52. The summed E-state index contributed by atoms with van der Waals surface area (Å²) in [4.78, 5) is 26.7. The molecule has 0 radical (unpaired) electrons. The first-order valence-electron chi connectivity index (χ1n) is 11.0. The van der Waals surface area contributed by atoms with Crippen molar-refractivity contribution in [1.82, 2.24) is 18.9 Å². The average molecular weight is 449 g/mol. The number of hydrogen-bond acceptors (Lipinski definition) is 5. The van der Waals surface area contributed by atoms with Gasteiger partial charge in [-0.15, -0.1) is 0 Å². The van der Waals surface area contributed by atoms with E-state index in [0.29, 0.717) is 24.0 Å². The molecule has 0 fully saturated rings. The molecule has 0 aliphatic heterocycles. The highest BCUT2D eigenvalue weighted by molar-refractivity contribution is 6.14. The second kappa shape index (κ2) is 9.15. The van der Waals surface area contributed by atoms with Gasteiger partial charge < -0.3 is 14.7 Å². The number of nitrogens with zero attached hydrogens (tertiary/aromatic N) is 5. The summed E-state index contributed by atoms with van der Waals surface area (Å²) in [5.41, 5.74) is 11.2. The van der Waals surface area contributed by atoms with Crippen molar-refractivity contribution in [2.45, 2.75) is 20.0 Å². The van der Waals surface area contributed by atoms with E-state index in [1.54, 1.807) is 29.4 Å². The van der Waals surface area contributed by atoms with Crippen LogP contribution in [0.3, 0.4) is 0 Å². The Labute approximate surface area is 196 Å². The maximum absolute atomic E-state index is 13.3. The molecule has 0 saturated carbocycles. The second-order valence-electron chi connectivity index (χ2n) is 8.18. The zero-order valence-corrected chi connectivity index (χ0v) is 18.8. The molecule has 5 aromatic rings. The molecule has 0 amide bonds. The minimum absolute atomic E-state index is 0.127. The number of pyridine rings is 3. The lowest BCUT2D eigenvalue weighted by atomic mass is 10.0. The smallest absolute Gasteiger partial charge is 0.260 e. The van der Waals surface area contributed by atoms with E-state index >= 15 is 0 Å². The monoisotopic (exact) mass is 448 g/mol. The fraction of sp³-hybridized carbons (Fsp3) is 0.111.